The lowest BCUT2D eigenvalue weighted by molar-refractivity contribution is -0.182. The summed E-state index contributed by atoms with van der Waals surface area (Å²) in [5.41, 5.74) is 0.341. The number of hydrogen-bond donors (Lipinski definition) is 3. The molecule has 3 atom stereocenters. The predicted molar refractivity (Wildman–Crippen MR) is 140 cm³/mol. The summed E-state index contributed by atoms with van der Waals surface area (Å²) in [5.74, 6) is -2.37. The summed E-state index contributed by atoms with van der Waals surface area (Å²) in [5, 5.41) is 34.7. The van der Waals surface area contributed by atoms with E-state index in [9.17, 15) is 24.6 Å². The Morgan fingerprint density at radius 3 is 2.29 bits per heavy atom. The Hall–Kier alpha value is -4.08. The van der Waals surface area contributed by atoms with Crippen molar-refractivity contribution in [1.82, 2.24) is 25.5 Å². The van der Waals surface area contributed by atoms with Crippen molar-refractivity contribution in [3.8, 4) is 22.5 Å². The maximum atomic E-state index is 13.7. The van der Waals surface area contributed by atoms with Gasteiger partial charge in [0.05, 0.1) is 11.5 Å². The molecule has 2 heterocycles. The highest BCUT2D eigenvalue weighted by Crippen LogP contribution is 2.49. The van der Waals surface area contributed by atoms with Gasteiger partial charge in [0.15, 0.2) is 0 Å². The number of tetrazole rings is 1. The number of rotatable bonds is 10. The molecule has 1 aromatic heterocycles. The normalized spacial score (nSPS) is 23.4. The van der Waals surface area contributed by atoms with Crippen LogP contribution in [0.15, 0.2) is 48.5 Å². The third-order valence-corrected chi connectivity index (χ3v) is 7.91. The standard InChI is InChI=1S/C28H33N5O5/c1-4-6-15-33-22(27(3,25(35)36)17-28(5-2,24(33)34)26(37)38)16-18-11-13-19(14-12-18)20-9-7-8-10-21(20)23-29-31-32-30-23/h7-14,22H,4-6,15-17H2,1-3H3,(H,35,36)(H,37,38)(H,29,30,31,32). The molecule has 0 saturated carbocycles. The van der Waals surface area contributed by atoms with Crippen LogP contribution in [-0.4, -0.2) is 66.2 Å². The van der Waals surface area contributed by atoms with Gasteiger partial charge in [0.25, 0.3) is 0 Å². The number of carbonyl (C=O) groups is 3. The summed E-state index contributed by atoms with van der Waals surface area (Å²) in [7, 11) is 0. The fraction of sp³-hybridized carbons (Fsp3) is 0.429. The van der Waals surface area contributed by atoms with Crippen molar-refractivity contribution in [2.45, 2.75) is 58.9 Å². The lowest BCUT2D eigenvalue weighted by atomic mass is 9.61. The van der Waals surface area contributed by atoms with Gasteiger partial charge in [0.1, 0.15) is 5.41 Å². The van der Waals surface area contributed by atoms with E-state index < -0.39 is 34.7 Å². The van der Waals surface area contributed by atoms with Gasteiger partial charge in [0.2, 0.25) is 11.7 Å². The fourth-order valence-electron chi connectivity index (χ4n) is 5.56. The number of aromatic amines is 1. The number of carbonyl (C=O) groups excluding carboxylic acids is 1. The predicted octanol–water partition coefficient (Wildman–Crippen LogP) is 4.05. The number of H-pyrrole nitrogens is 1. The van der Waals surface area contributed by atoms with E-state index in [2.05, 4.69) is 20.6 Å². The first-order chi connectivity index (χ1) is 18.2. The molecule has 3 aromatic rings. The molecular formula is C28H33N5O5. The van der Waals surface area contributed by atoms with Gasteiger partial charge in [-0.2, -0.15) is 5.21 Å². The summed E-state index contributed by atoms with van der Waals surface area (Å²) in [6.07, 6.45) is 1.53. The van der Waals surface area contributed by atoms with E-state index in [-0.39, 0.29) is 12.8 Å². The van der Waals surface area contributed by atoms with Crippen molar-refractivity contribution in [2.24, 2.45) is 10.8 Å². The number of aliphatic carboxylic acids is 2. The van der Waals surface area contributed by atoms with Crippen LogP contribution in [0.25, 0.3) is 22.5 Å². The number of hydrogen-bond acceptors (Lipinski definition) is 6. The van der Waals surface area contributed by atoms with Gasteiger partial charge >= 0.3 is 11.9 Å². The van der Waals surface area contributed by atoms with E-state index >= 15 is 0 Å². The van der Waals surface area contributed by atoms with Crippen LogP contribution in [0.3, 0.4) is 0 Å². The van der Waals surface area contributed by atoms with Gasteiger partial charge in [-0.25, -0.2) is 0 Å². The van der Waals surface area contributed by atoms with E-state index in [1.165, 1.54) is 4.90 Å². The third-order valence-electron chi connectivity index (χ3n) is 7.91. The third kappa shape index (κ3) is 4.66. The number of carboxylic acids is 2. The van der Waals surface area contributed by atoms with E-state index in [1.54, 1.807) is 13.8 Å². The summed E-state index contributed by atoms with van der Waals surface area (Å²) < 4.78 is 0. The molecule has 1 aliphatic rings. The second-order valence-corrected chi connectivity index (χ2v) is 10.2. The summed E-state index contributed by atoms with van der Waals surface area (Å²) in [4.78, 5) is 40.2. The minimum Gasteiger partial charge on any atom is -0.481 e. The Morgan fingerprint density at radius 2 is 1.74 bits per heavy atom. The molecule has 1 amide bonds. The topological polar surface area (TPSA) is 149 Å². The van der Waals surface area contributed by atoms with Crippen LogP contribution in [-0.2, 0) is 20.8 Å². The van der Waals surface area contributed by atoms with Crippen LogP contribution in [0, 0.1) is 10.8 Å². The van der Waals surface area contributed by atoms with Crippen LogP contribution in [0.5, 0.6) is 0 Å². The molecule has 3 unspecified atom stereocenters. The second-order valence-electron chi connectivity index (χ2n) is 10.2. The van der Waals surface area contributed by atoms with Crippen molar-refractivity contribution < 1.29 is 24.6 Å². The molecule has 10 heteroatoms. The van der Waals surface area contributed by atoms with Gasteiger partial charge in [-0.1, -0.05) is 68.8 Å². The Bertz CT molecular complexity index is 1310. The number of benzene rings is 2. The Balaban J connectivity index is 1.70. The zero-order valence-electron chi connectivity index (χ0n) is 21.8. The fourth-order valence-corrected chi connectivity index (χ4v) is 5.56. The number of nitrogens with one attached hydrogen (secondary N) is 1. The number of carboxylic acid groups (broad SMARTS) is 2. The molecule has 200 valence electrons. The Labute approximate surface area is 221 Å². The summed E-state index contributed by atoms with van der Waals surface area (Å²) in [6.45, 7) is 5.51. The zero-order chi connectivity index (χ0) is 27.5. The van der Waals surface area contributed by atoms with Crippen LogP contribution in [0.1, 0.15) is 52.0 Å². The van der Waals surface area contributed by atoms with Crippen molar-refractivity contribution in [3.63, 3.8) is 0 Å². The first-order valence-electron chi connectivity index (χ1n) is 12.9. The monoisotopic (exact) mass is 519 g/mol. The highest BCUT2D eigenvalue weighted by molar-refractivity contribution is 6.04. The number of nitrogens with zero attached hydrogens (tertiary/aromatic N) is 4. The Kier molecular flexibility index (Phi) is 7.61. The zero-order valence-corrected chi connectivity index (χ0v) is 21.8. The molecule has 0 aliphatic carbocycles. The molecule has 0 bridgehead atoms. The molecule has 38 heavy (non-hydrogen) atoms. The van der Waals surface area contributed by atoms with Crippen molar-refractivity contribution in [2.75, 3.05) is 6.54 Å². The highest BCUT2D eigenvalue weighted by atomic mass is 16.4. The molecule has 1 saturated heterocycles. The molecule has 2 aromatic carbocycles. The quantitative estimate of drug-likeness (QED) is 0.340. The van der Waals surface area contributed by atoms with Crippen molar-refractivity contribution >= 4 is 17.8 Å². The maximum absolute atomic E-state index is 13.7. The molecular weight excluding hydrogens is 486 g/mol. The van der Waals surface area contributed by atoms with E-state index in [0.717, 1.165) is 28.7 Å². The maximum Gasteiger partial charge on any atom is 0.319 e. The number of unbranched alkanes of at least 4 members (excludes halogenated alkanes) is 1. The number of aromatic nitrogens is 4. The van der Waals surface area contributed by atoms with Gasteiger partial charge in [0, 0.05) is 12.1 Å². The molecule has 3 N–H and O–H groups in total. The lowest BCUT2D eigenvalue weighted by Crippen LogP contribution is -2.66. The van der Waals surface area contributed by atoms with E-state index in [1.807, 2.05) is 55.5 Å². The minimum absolute atomic E-state index is 0.0356. The average Bonchev–Trinajstić information content (AvgIpc) is 3.45. The second kappa shape index (κ2) is 10.7. The average molecular weight is 520 g/mol. The van der Waals surface area contributed by atoms with Crippen molar-refractivity contribution in [3.05, 3.63) is 54.1 Å². The smallest absolute Gasteiger partial charge is 0.319 e. The highest BCUT2D eigenvalue weighted by Gasteiger charge is 2.62. The minimum atomic E-state index is -1.75. The first kappa shape index (κ1) is 27.0. The molecule has 0 spiro atoms. The molecule has 4 rings (SSSR count). The van der Waals surface area contributed by atoms with Crippen LogP contribution < -0.4 is 0 Å². The Morgan fingerprint density at radius 1 is 1.05 bits per heavy atom. The van der Waals surface area contributed by atoms with Gasteiger partial charge in [-0.15, -0.1) is 10.2 Å². The van der Waals surface area contributed by atoms with Crippen LogP contribution in [0.2, 0.25) is 0 Å². The van der Waals surface area contributed by atoms with E-state index in [4.69, 9.17) is 0 Å². The molecule has 10 nitrogen and oxygen atoms in total. The van der Waals surface area contributed by atoms with Crippen LogP contribution >= 0.6 is 0 Å². The van der Waals surface area contributed by atoms with Gasteiger partial charge in [-0.05, 0) is 54.5 Å². The van der Waals surface area contributed by atoms with E-state index in [0.29, 0.717) is 25.2 Å². The number of likely N-dealkylation sites (tertiary alicyclic amines) is 1. The summed E-state index contributed by atoms with van der Waals surface area (Å²) >= 11 is 0. The molecule has 0 radical (unpaired) electrons. The molecule has 1 aliphatic heterocycles. The number of piperidine rings is 1. The summed E-state index contributed by atoms with van der Waals surface area (Å²) in [6, 6.07) is 14.7. The van der Waals surface area contributed by atoms with Gasteiger partial charge in [-0.3, -0.25) is 14.4 Å². The largest absolute Gasteiger partial charge is 0.481 e. The number of amides is 1. The van der Waals surface area contributed by atoms with Crippen molar-refractivity contribution in [1.29, 1.82) is 0 Å². The van der Waals surface area contributed by atoms with Crippen LogP contribution in [0.4, 0.5) is 0 Å². The SMILES string of the molecule is CCCCN1C(=O)C(CC)(C(=O)O)CC(C)(C(=O)O)C1Cc1ccc(-c2ccccc2-c2nn[nH]n2)cc1. The van der Waals surface area contributed by atoms with Gasteiger partial charge < -0.3 is 15.1 Å². The molecule has 1 fully saturated rings. The first-order valence-corrected chi connectivity index (χ1v) is 12.9. The lowest BCUT2D eigenvalue weighted by Gasteiger charge is -2.52.